The molecule has 2 N–H and O–H groups in total. The highest BCUT2D eigenvalue weighted by atomic mass is 35.5. The molecule has 3 aromatic carbocycles. The highest BCUT2D eigenvalue weighted by Gasteiger charge is 2.22. The van der Waals surface area contributed by atoms with Crippen LogP contribution in [0.15, 0.2) is 90.6 Å². The van der Waals surface area contributed by atoms with E-state index in [1.54, 1.807) is 35.4 Å². The fourth-order valence-electron chi connectivity index (χ4n) is 5.08. The summed E-state index contributed by atoms with van der Waals surface area (Å²) < 4.78 is 7.21. The summed E-state index contributed by atoms with van der Waals surface area (Å²) in [6, 6.07) is 21.7. The van der Waals surface area contributed by atoms with Gasteiger partial charge in [-0.1, -0.05) is 41.4 Å². The SMILES string of the molecule is O=C(Nc1cccc(-c2nc3sccn3c2-c2ccnc(Nc3ccc(N4CCOCC4=O)cc3)n2)c1)c1c(Cl)cccc1Cl. The summed E-state index contributed by atoms with van der Waals surface area (Å²) in [5, 5.41) is 8.65. The quantitative estimate of drug-likeness (QED) is 0.187. The van der Waals surface area contributed by atoms with Crippen molar-refractivity contribution in [3.63, 3.8) is 0 Å². The van der Waals surface area contributed by atoms with Crippen molar-refractivity contribution in [2.75, 3.05) is 35.3 Å². The molecule has 13 heteroatoms. The first-order valence-corrected chi connectivity index (χ1v) is 15.5. The van der Waals surface area contributed by atoms with Crippen molar-refractivity contribution < 1.29 is 14.3 Å². The predicted octanol–water partition coefficient (Wildman–Crippen LogP) is 7.19. The van der Waals surface area contributed by atoms with Gasteiger partial charge in [-0.3, -0.25) is 14.0 Å². The van der Waals surface area contributed by atoms with Gasteiger partial charge in [0.1, 0.15) is 12.3 Å². The lowest BCUT2D eigenvalue weighted by Gasteiger charge is -2.26. The number of carbonyl (C=O) groups excluding carboxylic acids is 2. The van der Waals surface area contributed by atoms with E-state index in [0.29, 0.717) is 36.2 Å². The molecule has 3 aromatic heterocycles. The highest BCUT2D eigenvalue weighted by molar-refractivity contribution is 7.15. The number of nitrogens with one attached hydrogen (secondary N) is 2. The maximum Gasteiger partial charge on any atom is 0.258 e. The fourth-order valence-corrected chi connectivity index (χ4v) is 6.36. The summed E-state index contributed by atoms with van der Waals surface area (Å²) in [6.45, 7) is 1.12. The number of aromatic nitrogens is 4. The Morgan fingerprint density at radius 3 is 2.56 bits per heavy atom. The highest BCUT2D eigenvalue weighted by Crippen LogP contribution is 2.35. The van der Waals surface area contributed by atoms with Crippen LogP contribution in [0.4, 0.5) is 23.0 Å². The molecule has 0 unspecified atom stereocenters. The van der Waals surface area contributed by atoms with Gasteiger partial charge in [0, 0.05) is 46.9 Å². The summed E-state index contributed by atoms with van der Waals surface area (Å²) in [5.41, 5.74) is 5.25. The van der Waals surface area contributed by atoms with Crippen molar-refractivity contribution in [2.45, 2.75) is 0 Å². The number of ether oxygens (including phenoxy) is 1. The van der Waals surface area contributed by atoms with E-state index < -0.39 is 5.91 Å². The number of imidazole rings is 1. The number of thiazole rings is 1. The fraction of sp³-hybridized carbons (Fsp3) is 0.0938. The maximum absolute atomic E-state index is 13.0. The molecular formula is C32H23Cl2N7O3S. The number of amides is 2. The molecule has 224 valence electrons. The number of morpholine rings is 1. The van der Waals surface area contributed by atoms with Crippen molar-refractivity contribution in [1.82, 2.24) is 19.4 Å². The number of fused-ring (bicyclic) bond motifs is 1. The van der Waals surface area contributed by atoms with Gasteiger partial charge >= 0.3 is 0 Å². The lowest BCUT2D eigenvalue weighted by Crippen LogP contribution is -2.41. The molecule has 0 spiro atoms. The second-order valence-electron chi connectivity index (χ2n) is 10.0. The molecule has 4 heterocycles. The number of anilines is 4. The summed E-state index contributed by atoms with van der Waals surface area (Å²) >= 11 is 14.0. The molecule has 45 heavy (non-hydrogen) atoms. The topological polar surface area (TPSA) is 114 Å². The molecule has 10 nitrogen and oxygen atoms in total. The second-order valence-corrected chi connectivity index (χ2v) is 11.7. The van der Waals surface area contributed by atoms with Crippen LogP contribution < -0.4 is 15.5 Å². The van der Waals surface area contributed by atoms with Crippen molar-refractivity contribution >= 4 is 74.3 Å². The van der Waals surface area contributed by atoms with Crippen molar-refractivity contribution in [3.05, 3.63) is 106 Å². The van der Waals surface area contributed by atoms with Gasteiger partial charge in [-0.25, -0.2) is 15.0 Å². The molecule has 0 bridgehead atoms. The van der Waals surface area contributed by atoms with E-state index in [1.165, 1.54) is 11.3 Å². The van der Waals surface area contributed by atoms with Crippen LogP contribution in [0.3, 0.4) is 0 Å². The van der Waals surface area contributed by atoms with Gasteiger partial charge in [0.15, 0.2) is 4.96 Å². The maximum atomic E-state index is 13.0. The monoisotopic (exact) mass is 655 g/mol. The first-order chi connectivity index (χ1) is 21.9. The smallest absolute Gasteiger partial charge is 0.258 e. The number of benzene rings is 3. The number of hydrogen-bond donors (Lipinski definition) is 2. The minimum Gasteiger partial charge on any atom is -0.370 e. The summed E-state index contributed by atoms with van der Waals surface area (Å²) in [4.78, 5) is 41.9. The first kappa shape index (κ1) is 28.9. The number of hydrogen-bond acceptors (Lipinski definition) is 8. The van der Waals surface area contributed by atoms with Gasteiger partial charge < -0.3 is 20.3 Å². The van der Waals surface area contributed by atoms with E-state index in [4.69, 9.17) is 37.9 Å². The molecule has 7 rings (SSSR count). The summed E-state index contributed by atoms with van der Waals surface area (Å²) in [5.74, 6) is -0.0754. The summed E-state index contributed by atoms with van der Waals surface area (Å²) in [6.07, 6.45) is 3.63. The molecule has 2 amide bonds. The molecule has 1 aliphatic heterocycles. The van der Waals surface area contributed by atoms with Crippen LogP contribution in [0.1, 0.15) is 10.4 Å². The van der Waals surface area contributed by atoms with E-state index in [2.05, 4.69) is 15.6 Å². The Kier molecular flexibility index (Phi) is 7.90. The Bertz CT molecular complexity index is 2040. The number of halogens is 2. The predicted molar refractivity (Wildman–Crippen MR) is 177 cm³/mol. The molecule has 1 saturated heterocycles. The third-order valence-electron chi connectivity index (χ3n) is 7.16. The van der Waals surface area contributed by atoms with Crippen LogP contribution in [0.25, 0.3) is 27.6 Å². The minimum atomic E-state index is -0.412. The molecule has 0 atom stereocenters. The Morgan fingerprint density at radius 2 is 1.76 bits per heavy atom. The normalized spacial score (nSPS) is 13.3. The molecule has 0 saturated carbocycles. The Morgan fingerprint density at radius 1 is 0.956 bits per heavy atom. The third kappa shape index (κ3) is 5.86. The standard InChI is InChI=1S/C32H23Cl2N7O3S/c33-23-5-2-6-24(34)27(23)30(43)36-21-4-1-3-19(17-21)28-29(41-14-16-45-32(41)39-28)25-11-12-35-31(38-25)37-20-7-9-22(10-8-20)40-13-15-44-18-26(40)42/h1-12,14,16-17H,13,15,18H2,(H,36,43)(H,35,37,38). The van der Waals surface area contributed by atoms with Crippen LogP contribution in [0, 0.1) is 0 Å². The van der Waals surface area contributed by atoms with Crippen LogP contribution in [-0.4, -0.2) is 50.9 Å². The van der Waals surface area contributed by atoms with E-state index >= 15 is 0 Å². The van der Waals surface area contributed by atoms with Gasteiger partial charge in [0.25, 0.3) is 11.8 Å². The molecular weight excluding hydrogens is 633 g/mol. The molecule has 6 aromatic rings. The van der Waals surface area contributed by atoms with Crippen LogP contribution >= 0.6 is 34.5 Å². The Labute approximate surface area is 271 Å². The van der Waals surface area contributed by atoms with Crippen LogP contribution in [0.5, 0.6) is 0 Å². The van der Waals surface area contributed by atoms with Gasteiger partial charge in [-0.15, -0.1) is 11.3 Å². The van der Waals surface area contributed by atoms with Gasteiger partial charge in [0.2, 0.25) is 5.95 Å². The van der Waals surface area contributed by atoms with E-state index in [1.807, 2.05) is 64.5 Å². The van der Waals surface area contributed by atoms with Crippen molar-refractivity contribution in [2.24, 2.45) is 0 Å². The van der Waals surface area contributed by atoms with Gasteiger partial charge in [-0.05, 0) is 54.6 Å². The van der Waals surface area contributed by atoms with Gasteiger partial charge in [-0.2, -0.15) is 0 Å². The molecule has 1 fully saturated rings. The minimum absolute atomic E-state index is 0.0627. The molecule has 1 aliphatic rings. The van der Waals surface area contributed by atoms with E-state index in [-0.39, 0.29) is 28.1 Å². The lowest BCUT2D eigenvalue weighted by molar-refractivity contribution is -0.125. The Balaban J connectivity index is 1.17. The largest absolute Gasteiger partial charge is 0.370 e. The zero-order valence-electron chi connectivity index (χ0n) is 23.4. The zero-order chi connectivity index (χ0) is 30.9. The van der Waals surface area contributed by atoms with Crippen molar-refractivity contribution in [3.8, 4) is 22.6 Å². The van der Waals surface area contributed by atoms with Crippen LogP contribution in [-0.2, 0) is 9.53 Å². The average Bonchev–Trinajstić information content (AvgIpc) is 3.64. The Hall–Kier alpha value is -4.81. The molecule has 0 aliphatic carbocycles. The third-order valence-corrected chi connectivity index (χ3v) is 8.55. The average molecular weight is 657 g/mol. The zero-order valence-corrected chi connectivity index (χ0v) is 25.7. The number of nitrogens with zero attached hydrogens (tertiary/aromatic N) is 5. The van der Waals surface area contributed by atoms with E-state index in [0.717, 1.165) is 27.6 Å². The molecule has 0 radical (unpaired) electrons. The van der Waals surface area contributed by atoms with Gasteiger partial charge in [0.05, 0.1) is 33.6 Å². The number of rotatable bonds is 7. The second kappa shape index (κ2) is 12.3. The first-order valence-electron chi connectivity index (χ1n) is 13.8. The number of carbonyl (C=O) groups is 2. The van der Waals surface area contributed by atoms with Crippen LogP contribution in [0.2, 0.25) is 10.0 Å². The lowest BCUT2D eigenvalue weighted by atomic mass is 10.1. The van der Waals surface area contributed by atoms with Crippen molar-refractivity contribution in [1.29, 1.82) is 0 Å². The van der Waals surface area contributed by atoms with E-state index in [9.17, 15) is 9.59 Å². The summed E-state index contributed by atoms with van der Waals surface area (Å²) in [7, 11) is 0.